The number of aliphatic hydroxyl groups excluding tert-OH is 1. The highest BCUT2D eigenvalue weighted by atomic mass is 16.3. The van der Waals surface area contributed by atoms with Gasteiger partial charge in [-0.25, -0.2) is 0 Å². The Kier molecular flexibility index (Phi) is 4.99. The molecule has 0 aliphatic carbocycles. The molecule has 1 amide bonds. The summed E-state index contributed by atoms with van der Waals surface area (Å²) in [4.78, 5) is 11.7. The number of amides is 1. The molecule has 2 aromatic rings. The van der Waals surface area contributed by atoms with Crippen LogP contribution in [0.3, 0.4) is 0 Å². The van der Waals surface area contributed by atoms with Crippen molar-refractivity contribution < 1.29 is 15.0 Å². The SMILES string of the molecule is O=C(NCCc1ccc(O)cc1)C(O)=Cc1ccccc1. The van der Waals surface area contributed by atoms with Crippen molar-refractivity contribution in [3.05, 3.63) is 71.5 Å². The fraction of sp³-hybridized carbons (Fsp3) is 0.118. The van der Waals surface area contributed by atoms with Gasteiger partial charge in [-0.15, -0.1) is 0 Å². The molecular weight excluding hydrogens is 266 g/mol. The summed E-state index contributed by atoms with van der Waals surface area (Å²) in [5, 5.41) is 21.5. The number of nitrogens with one attached hydrogen (secondary N) is 1. The number of carbonyl (C=O) groups excluding carboxylic acids is 1. The Morgan fingerprint density at radius 1 is 1.05 bits per heavy atom. The van der Waals surface area contributed by atoms with Gasteiger partial charge in [0.2, 0.25) is 0 Å². The first-order valence-corrected chi connectivity index (χ1v) is 6.67. The Morgan fingerprint density at radius 3 is 2.38 bits per heavy atom. The van der Waals surface area contributed by atoms with E-state index in [2.05, 4.69) is 5.32 Å². The summed E-state index contributed by atoms with van der Waals surface area (Å²) >= 11 is 0. The highest BCUT2D eigenvalue weighted by Crippen LogP contribution is 2.09. The molecular formula is C17H17NO3. The number of aromatic hydroxyl groups is 1. The maximum absolute atomic E-state index is 11.7. The largest absolute Gasteiger partial charge is 0.508 e. The molecule has 0 bridgehead atoms. The van der Waals surface area contributed by atoms with Gasteiger partial charge in [-0.05, 0) is 35.8 Å². The molecule has 0 heterocycles. The molecule has 21 heavy (non-hydrogen) atoms. The molecule has 108 valence electrons. The number of rotatable bonds is 5. The lowest BCUT2D eigenvalue weighted by atomic mass is 10.1. The smallest absolute Gasteiger partial charge is 0.286 e. The van der Waals surface area contributed by atoms with E-state index in [0.29, 0.717) is 13.0 Å². The Labute approximate surface area is 123 Å². The fourth-order valence-corrected chi connectivity index (χ4v) is 1.85. The van der Waals surface area contributed by atoms with Gasteiger partial charge in [0.25, 0.3) is 5.91 Å². The number of phenols is 1. The molecule has 2 rings (SSSR count). The van der Waals surface area contributed by atoms with E-state index in [0.717, 1.165) is 11.1 Å². The zero-order chi connectivity index (χ0) is 15.1. The number of hydrogen-bond acceptors (Lipinski definition) is 3. The maximum atomic E-state index is 11.7. The van der Waals surface area contributed by atoms with E-state index in [4.69, 9.17) is 0 Å². The average molecular weight is 283 g/mol. The Morgan fingerprint density at radius 2 is 1.71 bits per heavy atom. The van der Waals surface area contributed by atoms with Crippen molar-refractivity contribution in [1.82, 2.24) is 5.32 Å². The van der Waals surface area contributed by atoms with E-state index in [9.17, 15) is 15.0 Å². The lowest BCUT2D eigenvalue weighted by molar-refractivity contribution is -0.119. The number of carbonyl (C=O) groups is 1. The number of hydrogen-bond donors (Lipinski definition) is 3. The van der Waals surface area contributed by atoms with Crippen molar-refractivity contribution in [3.63, 3.8) is 0 Å². The van der Waals surface area contributed by atoms with Crippen LogP contribution in [0.1, 0.15) is 11.1 Å². The zero-order valence-corrected chi connectivity index (χ0v) is 11.5. The monoisotopic (exact) mass is 283 g/mol. The van der Waals surface area contributed by atoms with Crippen molar-refractivity contribution in [1.29, 1.82) is 0 Å². The number of aliphatic hydroxyl groups is 1. The van der Waals surface area contributed by atoms with Crippen molar-refractivity contribution in [3.8, 4) is 5.75 Å². The van der Waals surface area contributed by atoms with Crippen LogP contribution in [0.5, 0.6) is 5.75 Å². The lowest BCUT2D eigenvalue weighted by Crippen LogP contribution is -2.27. The number of phenolic OH excluding ortho intramolecular Hbond substituents is 1. The summed E-state index contributed by atoms with van der Waals surface area (Å²) in [7, 11) is 0. The maximum Gasteiger partial charge on any atom is 0.286 e. The average Bonchev–Trinajstić information content (AvgIpc) is 2.50. The summed E-state index contributed by atoms with van der Waals surface area (Å²) in [6.07, 6.45) is 2.06. The van der Waals surface area contributed by atoms with Gasteiger partial charge in [0.15, 0.2) is 5.76 Å². The van der Waals surface area contributed by atoms with Crippen LogP contribution in [0.25, 0.3) is 6.08 Å². The third-order valence-corrected chi connectivity index (χ3v) is 2.97. The van der Waals surface area contributed by atoms with Gasteiger partial charge < -0.3 is 15.5 Å². The first-order chi connectivity index (χ1) is 10.1. The van der Waals surface area contributed by atoms with Crippen LogP contribution in [-0.2, 0) is 11.2 Å². The predicted octanol–water partition coefficient (Wildman–Crippen LogP) is 2.65. The lowest BCUT2D eigenvalue weighted by Gasteiger charge is -2.05. The predicted molar refractivity (Wildman–Crippen MR) is 81.9 cm³/mol. The second-order valence-electron chi connectivity index (χ2n) is 4.61. The third kappa shape index (κ3) is 4.69. The van der Waals surface area contributed by atoms with Gasteiger partial charge in [0.05, 0.1) is 0 Å². The van der Waals surface area contributed by atoms with Crippen molar-refractivity contribution in [2.75, 3.05) is 6.54 Å². The molecule has 0 unspecified atom stereocenters. The van der Waals surface area contributed by atoms with E-state index in [1.165, 1.54) is 6.08 Å². The van der Waals surface area contributed by atoms with Crippen molar-refractivity contribution in [2.45, 2.75) is 6.42 Å². The summed E-state index contributed by atoms with van der Waals surface area (Å²) in [5.74, 6) is -0.601. The molecule has 4 heteroatoms. The van der Waals surface area contributed by atoms with Crippen LogP contribution in [0.4, 0.5) is 0 Å². The summed E-state index contributed by atoms with van der Waals surface area (Å²) in [6, 6.07) is 15.9. The van der Waals surface area contributed by atoms with Crippen molar-refractivity contribution in [2.24, 2.45) is 0 Å². The highest BCUT2D eigenvalue weighted by Gasteiger charge is 2.06. The normalized spacial score (nSPS) is 11.1. The van der Waals surface area contributed by atoms with E-state index >= 15 is 0 Å². The first-order valence-electron chi connectivity index (χ1n) is 6.67. The Balaban J connectivity index is 1.84. The van der Waals surface area contributed by atoms with Crippen LogP contribution in [0.15, 0.2) is 60.4 Å². The minimum Gasteiger partial charge on any atom is -0.508 e. The quantitative estimate of drug-likeness (QED) is 0.583. The zero-order valence-electron chi connectivity index (χ0n) is 11.5. The Bertz CT molecular complexity index is 618. The molecule has 0 radical (unpaired) electrons. The van der Waals surface area contributed by atoms with Gasteiger partial charge in [-0.3, -0.25) is 4.79 Å². The molecule has 0 aliphatic rings. The molecule has 0 saturated carbocycles. The highest BCUT2D eigenvalue weighted by molar-refractivity contribution is 5.95. The van der Waals surface area contributed by atoms with E-state index in [1.54, 1.807) is 36.4 Å². The number of benzene rings is 2. The van der Waals surface area contributed by atoms with Crippen LogP contribution in [-0.4, -0.2) is 22.7 Å². The van der Waals surface area contributed by atoms with Gasteiger partial charge >= 0.3 is 0 Å². The van der Waals surface area contributed by atoms with Crippen LogP contribution < -0.4 is 5.32 Å². The molecule has 0 spiro atoms. The van der Waals surface area contributed by atoms with E-state index < -0.39 is 5.91 Å². The second kappa shape index (κ2) is 7.14. The molecule has 3 N–H and O–H groups in total. The minimum atomic E-state index is -0.502. The van der Waals surface area contributed by atoms with Gasteiger partial charge in [-0.2, -0.15) is 0 Å². The van der Waals surface area contributed by atoms with Crippen molar-refractivity contribution >= 4 is 12.0 Å². The molecule has 0 aliphatic heterocycles. The second-order valence-corrected chi connectivity index (χ2v) is 4.61. The van der Waals surface area contributed by atoms with E-state index in [-0.39, 0.29) is 11.5 Å². The standard InChI is InChI=1S/C17H17NO3/c19-15-8-6-13(7-9-15)10-11-18-17(21)16(20)12-14-4-2-1-3-5-14/h1-9,12,19-20H,10-11H2,(H,18,21). The topological polar surface area (TPSA) is 69.6 Å². The van der Waals surface area contributed by atoms with Crippen LogP contribution >= 0.6 is 0 Å². The molecule has 2 aromatic carbocycles. The van der Waals surface area contributed by atoms with E-state index in [1.807, 2.05) is 18.2 Å². The fourth-order valence-electron chi connectivity index (χ4n) is 1.85. The molecule has 0 aromatic heterocycles. The summed E-state index contributed by atoms with van der Waals surface area (Å²) in [6.45, 7) is 0.413. The van der Waals surface area contributed by atoms with Gasteiger partial charge in [-0.1, -0.05) is 42.5 Å². The van der Waals surface area contributed by atoms with Gasteiger partial charge in [0, 0.05) is 6.54 Å². The third-order valence-electron chi connectivity index (χ3n) is 2.97. The van der Waals surface area contributed by atoms with Gasteiger partial charge in [0.1, 0.15) is 5.75 Å². The first kappa shape index (κ1) is 14.7. The van der Waals surface area contributed by atoms with Crippen LogP contribution in [0, 0.1) is 0 Å². The molecule has 0 fully saturated rings. The minimum absolute atomic E-state index is 0.214. The molecule has 0 saturated heterocycles. The molecule has 0 atom stereocenters. The summed E-state index contributed by atoms with van der Waals surface area (Å²) in [5.41, 5.74) is 1.77. The Hall–Kier alpha value is -2.75. The van der Waals surface area contributed by atoms with Crippen LogP contribution in [0.2, 0.25) is 0 Å². The molecule has 4 nitrogen and oxygen atoms in total. The summed E-state index contributed by atoms with van der Waals surface area (Å²) < 4.78 is 0.